The molecule has 0 aliphatic carbocycles. The summed E-state index contributed by atoms with van der Waals surface area (Å²) in [6.45, 7) is 7.13. The van der Waals surface area contributed by atoms with Gasteiger partial charge in [0.1, 0.15) is 11.6 Å². The molecule has 1 aliphatic heterocycles. The van der Waals surface area contributed by atoms with Gasteiger partial charge in [0.05, 0.1) is 0 Å². The van der Waals surface area contributed by atoms with Gasteiger partial charge >= 0.3 is 6.09 Å². The molecule has 5 heteroatoms. The van der Waals surface area contributed by atoms with Gasteiger partial charge in [-0.3, -0.25) is 0 Å². The molecule has 1 heterocycles. The second-order valence-electron chi connectivity index (χ2n) is 8.51. The van der Waals surface area contributed by atoms with Crippen LogP contribution in [0.5, 0.6) is 0 Å². The maximum absolute atomic E-state index is 12.3. The Morgan fingerprint density at radius 2 is 1.71 bits per heavy atom. The maximum atomic E-state index is 12.3. The lowest BCUT2D eigenvalue weighted by atomic mass is 9.83. The number of carbonyl (C=O) groups excluding carboxylic acids is 1. The lowest BCUT2D eigenvalue weighted by Crippen LogP contribution is -2.58. The molecular formula is C23H30ClN2O2+. The Bertz CT molecular complexity index is 806. The first kappa shape index (κ1) is 20.7. The summed E-state index contributed by atoms with van der Waals surface area (Å²) in [6.07, 6.45) is 1.65. The minimum atomic E-state index is -0.458. The Labute approximate surface area is 172 Å². The van der Waals surface area contributed by atoms with Gasteiger partial charge in [0, 0.05) is 29.6 Å². The molecule has 1 fully saturated rings. The molecule has 0 saturated carbocycles. The minimum absolute atomic E-state index is 0.174. The third-order valence-corrected chi connectivity index (χ3v) is 5.53. The van der Waals surface area contributed by atoms with E-state index in [1.54, 1.807) is 0 Å². The van der Waals surface area contributed by atoms with Gasteiger partial charge in [0.25, 0.3) is 0 Å². The van der Waals surface area contributed by atoms with Gasteiger partial charge in [0.15, 0.2) is 0 Å². The topological polar surface area (TPSA) is 57.2 Å². The van der Waals surface area contributed by atoms with Crippen molar-refractivity contribution in [1.29, 1.82) is 0 Å². The Balaban J connectivity index is 1.70. The number of carbonyl (C=O) groups is 1. The van der Waals surface area contributed by atoms with Crippen molar-refractivity contribution in [2.24, 2.45) is 5.92 Å². The third kappa shape index (κ3) is 5.06. The second kappa shape index (κ2) is 8.54. The van der Waals surface area contributed by atoms with Crippen molar-refractivity contribution in [2.45, 2.75) is 45.3 Å². The van der Waals surface area contributed by atoms with Crippen LogP contribution in [0.25, 0.3) is 11.1 Å². The van der Waals surface area contributed by atoms with E-state index in [4.69, 9.17) is 16.3 Å². The zero-order valence-electron chi connectivity index (χ0n) is 17.0. The summed E-state index contributed by atoms with van der Waals surface area (Å²) < 4.78 is 5.50. The summed E-state index contributed by atoms with van der Waals surface area (Å²) >= 11 is 6.05. The highest BCUT2D eigenvalue weighted by molar-refractivity contribution is 6.30. The van der Waals surface area contributed by atoms with Crippen molar-refractivity contribution in [3.8, 4) is 11.1 Å². The van der Waals surface area contributed by atoms with E-state index in [1.165, 1.54) is 11.1 Å². The number of hydrogen-bond acceptors (Lipinski definition) is 2. The van der Waals surface area contributed by atoms with E-state index in [-0.39, 0.29) is 12.1 Å². The molecule has 3 rings (SSSR count). The largest absolute Gasteiger partial charge is 0.444 e. The van der Waals surface area contributed by atoms with Crippen LogP contribution in [0.3, 0.4) is 0 Å². The number of piperidine rings is 1. The number of quaternary nitrogens is 1. The van der Waals surface area contributed by atoms with Crippen LogP contribution in [0.4, 0.5) is 4.79 Å². The van der Waals surface area contributed by atoms with Gasteiger partial charge in [-0.1, -0.05) is 48.0 Å². The van der Waals surface area contributed by atoms with E-state index in [2.05, 4.69) is 42.1 Å². The molecule has 1 unspecified atom stereocenters. The summed E-state index contributed by atoms with van der Waals surface area (Å²) in [6, 6.07) is 16.6. The van der Waals surface area contributed by atoms with E-state index in [0.29, 0.717) is 19.0 Å². The van der Waals surface area contributed by atoms with Crippen LogP contribution in [0.15, 0.2) is 48.5 Å². The molecule has 4 nitrogen and oxygen atoms in total. The summed E-state index contributed by atoms with van der Waals surface area (Å²) in [5.74, 6) is 0.437. The molecule has 3 N–H and O–H groups in total. The summed E-state index contributed by atoms with van der Waals surface area (Å²) in [4.78, 5) is 14.1. The van der Waals surface area contributed by atoms with E-state index >= 15 is 0 Å². The van der Waals surface area contributed by atoms with Crippen molar-refractivity contribution in [3.05, 3.63) is 59.1 Å². The number of nitrogens with zero attached hydrogens (tertiary/aromatic N) is 1. The van der Waals surface area contributed by atoms with Gasteiger partial charge in [-0.05, 0) is 56.9 Å². The molecule has 0 bridgehead atoms. The van der Waals surface area contributed by atoms with Crippen LogP contribution in [-0.2, 0) is 4.74 Å². The quantitative estimate of drug-likeness (QED) is 0.792. The van der Waals surface area contributed by atoms with Gasteiger partial charge in [0.2, 0.25) is 0 Å². The maximum Gasteiger partial charge on any atom is 0.410 e. The van der Waals surface area contributed by atoms with Gasteiger partial charge in [-0.25, -0.2) is 4.79 Å². The van der Waals surface area contributed by atoms with Gasteiger partial charge in [-0.15, -0.1) is 0 Å². The van der Waals surface area contributed by atoms with Crippen molar-refractivity contribution < 1.29 is 15.3 Å². The Kier molecular flexibility index (Phi) is 6.31. The normalized spacial score (nSPS) is 16.7. The molecule has 1 saturated heterocycles. The molecule has 0 aromatic heterocycles. The number of benzene rings is 2. The number of halogens is 1. The standard InChI is InChI=1S/C23H29ClN2O2/c1-23(2,3)28-22(27)26-14-12-17(13-15-26)21(25)20-7-5-4-6-19(20)16-8-10-18(24)11-9-16/h4-11,17,21H,12-15,25H2,1-3H3/p+1. The van der Waals surface area contributed by atoms with Crippen LogP contribution in [-0.4, -0.2) is 29.7 Å². The Morgan fingerprint density at radius 1 is 1.11 bits per heavy atom. The highest BCUT2D eigenvalue weighted by Gasteiger charge is 2.32. The first-order chi connectivity index (χ1) is 13.2. The molecule has 1 aliphatic rings. The van der Waals surface area contributed by atoms with Crippen molar-refractivity contribution in [2.75, 3.05) is 13.1 Å². The van der Waals surface area contributed by atoms with Crippen molar-refractivity contribution >= 4 is 17.7 Å². The lowest BCUT2D eigenvalue weighted by molar-refractivity contribution is -0.441. The summed E-state index contributed by atoms with van der Waals surface area (Å²) in [7, 11) is 0. The predicted octanol–water partition coefficient (Wildman–Crippen LogP) is 4.94. The molecule has 0 radical (unpaired) electrons. The first-order valence-corrected chi connectivity index (χ1v) is 10.3. The molecule has 2 aromatic rings. The molecule has 150 valence electrons. The molecule has 1 atom stereocenters. The first-order valence-electron chi connectivity index (χ1n) is 9.90. The number of ether oxygens (including phenoxy) is 1. The smallest absolute Gasteiger partial charge is 0.410 e. The van der Waals surface area contributed by atoms with E-state index < -0.39 is 5.60 Å². The zero-order chi connectivity index (χ0) is 20.3. The fourth-order valence-electron chi connectivity index (χ4n) is 3.78. The van der Waals surface area contributed by atoms with Crippen LogP contribution in [0.1, 0.15) is 45.2 Å². The molecular weight excluding hydrogens is 372 g/mol. The molecule has 0 spiro atoms. The van der Waals surface area contributed by atoms with E-state index in [0.717, 1.165) is 23.4 Å². The number of amides is 1. The second-order valence-corrected chi connectivity index (χ2v) is 8.94. The highest BCUT2D eigenvalue weighted by Crippen LogP contribution is 2.34. The average Bonchev–Trinajstić information content (AvgIpc) is 2.67. The minimum Gasteiger partial charge on any atom is -0.444 e. The summed E-state index contributed by atoms with van der Waals surface area (Å²) in [5, 5.41) is 0.738. The molecule has 1 amide bonds. The number of likely N-dealkylation sites (tertiary alicyclic amines) is 1. The van der Waals surface area contributed by atoms with Gasteiger partial charge in [-0.2, -0.15) is 0 Å². The zero-order valence-corrected chi connectivity index (χ0v) is 17.7. The number of rotatable bonds is 3. The monoisotopic (exact) mass is 401 g/mol. The van der Waals surface area contributed by atoms with Crippen LogP contribution >= 0.6 is 11.6 Å². The van der Waals surface area contributed by atoms with Crippen LogP contribution < -0.4 is 5.73 Å². The third-order valence-electron chi connectivity index (χ3n) is 5.28. The van der Waals surface area contributed by atoms with E-state index in [9.17, 15) is 4.79 Å². The fraction of sp³-hybridized carbons (Fsp3) is 0.435. The number of hydrogen-bond donors (Lipinski definition) is 1. The predicted molar refractivity (Wildman–Crippen MR) is 113 cm³/mol. The van der Waals surface area contributed by atoms with Crippen molar-refractivity contribution in [1.82, 2.24) is 4.90 Å². The Morgan fingerprint density at radius 3 is 2.32 bits per heavy atom. The lowest BCUT2D eigenvalue weighted by Gasteiger charge is -2.34. The summed E-state index contributed by atoms with van der Waals surface area (Å²) in [5.41, 5.74) is 7.65. The Hall–Kier alpha value is -2.04. The van der Waals surface area contributed by atoms with Gasteiger partial charge < -0.3 is 15.4 Å². The highest BCUT2D eigenvalue weighted by atomic mass is 35.5. The fourth-order valence-corrected chi connectivity index (χ4v) is 3.90. The molecule has 2 aromatic carbocycles. The average molecular weight is 402 g/mol. The SMILES string of the molecule is CC(C)(C)OC(=O)N1CCC(C([NH3+])c2ccccc2-c2ccc(Cl)cc2)CC1. The van der Waals surface area contributed by atoms with E-state index in [1.807, 2.05) is 37.8 Å². The molecule has 28 heavy (non-hydrogen) atoms. The van der Waals surface area contributed by atoms with Crippen molar-refractivity contribution in [3.63, 3.8) is 0 Å². The van der Waals surface area contributed by atoms with Crippen LogP contribution in [0, 0.1) is 5.92 Å². The van der Waals surface area contributed by atoms with Crippen LogP contribution in [0.2, 0.25) is 5.02 Å².